The number of benzene rings is 1. The normalized spacial score (nSPS) is 13.9. The number of carbonyl (C=O) groups excluding carboxylic acids is 1. The molecule has 0 atom stereocenters. The van der Waals surface area contributed by atoms with Gasteiger partial charge in [0.15, 0.2) is 0 Å². The molecule has 0 unspecified atom stereocenters. The van der Waals surface area contributed by atoms with Crippen molar-refractivity contribution in [3.63, 3.8) is 0 Å². The van der Waals surface area contributed by atoms with Crippen LogP contribution in [0.3, 0.4) is 0 Å². The molecule has 0 aliphatic carbocycles. The van der Waals surface area contributed by atoms with Crippen molar-refractivity contribution in [1.29, 1.82) is 0 Å². The van der Waals surface area contributed by atoms with Gasteiger partial charge in [0.05, 0.1) is 18.8 Å². The summed E-state index contributed by atoms with van der Waals surface area (Å²) in [4.78, 5) is 11.5. The van der Waals surface area contributed by atoms with Gasteiger partial charge in [-0.3, -0.25) is 0 Å². The first-order chi connectivity index (χ1) is 7.31. The second kappa shape index (κ2) is 4.34. The highest BCUT2D eigenvalue weighted by atomic mass is 16.5. The monoisotopic (exact) mass is 206 g/mol. The molecular weight excluding hydrogens is 192 g/mol. The predicted molar refractivity (Wildman–Crippen MR) is 56.2 cm³/mol. The van der Waals surface area contributed by atoms with E-state index in [9.17, 15) is 4.79 Å². The minimum Gasteiger partial charge on any atom is -0.493 e. The Hall–Kier alpha value is -1.51. The topological polar surface area (TPSA) is 35.5 Å². The number of rotatable bonds is 2. The number of carbonyl (C=O) groups is 1. The summed E-state index contributed by atoms with van der Waals surface area (Å²) in [5.74, 6) is 0.639. The van der Waals surface area contributed by atoms with E-state index in [4.69, 9.17) is 9.47 Å². The summed E-state index contributed by atoms with van der Waals surface area (Å²) >= 11 is 0. The van der Waals surface area contributed by atoms with Gasteiger partial charge in [-0.05, 0) is 43.5 Å². The van der Waals surface area contributed by atoms with E-state index in [0.717, 1.165) is 30.8 Å². The lowest BCUT2D eigenvalue weighted by atomic mass is 10.0. The third kappa shape index (κ3) is 2.12. The number of fused-ring (bicyclic) bond motifs is 1. The third-order valence-corrected chi connectivity index (χ3v) is 2.42. The van der Waals surface area contributed by atoms with Crippen LogP contribution in [0.1, 0.15) is 29.3 Å². The molecule has 0 saturated heterocycles. The fourth-order valence-corrected chi connectivity index (χ4v) is 1.70. The van der Waals surface area contributed by atoms with Crippen LogP contribution in [0.15, 0.2) is 18.2 Å². The lowest BCUT2D eigenvalue weighted by Crippen LogP contribution is -2.10. The molecule has 1 aromatic rings. The lowest BCUT2D eigenvalue weighted by molar-refractivity contribution is 0.0526. The zero-order valence-electron chi connectivity index (χ0n) is 8.79. The summed E-state index contributed by atoms with van der Waals surface area (Å²) in [5.41, 5.74) is 1.72. The molecule has 0 radical (unpaired) electrons. The molecule has 1 aromatic carbocycles. The molecule has 0 bridgehead atoms. The smallest absolute Gasteiger partial charge is 0.338 e. The van der Waals surface area contributed by atoms with Crippen molar-refractivity contribution >= 4 is 5.97 Å². The zero-order chi connectivity index (χ0) is 10.7. The molecule has 1 aliphatic rings. The quantitative estimate of drug-likeness (QED) is 0.696. The summed E-state index contributed by atoms with van der Waals surface area (Å²) in [6.07, 6.45) is 1.99. The van der Waals surface area contributed by atoms with Gasteiger partial charge in [0.1, 0.15) is 5.75 Å². The summed E-state index contributed by atoms with van der Waals surface area (Å²) in [6.45, 7) is 2.98. The highest BCUT2D eigenvalue weighted by Crippen LogP contribution is 2.25. The van der Waals surface area contributed by atoms with E-state index in [-0.39, 0.29) is 5.97 Å². The van der Waals surface area contributed by atoms with Gasteiger partial charge in [-0.1, -0.05) is 0 Å². The number of aryl methyl sites for hydroxylation is 1. The summed E-state index contributed by atoms with van der Waals surface area (Å²) < 4.78 is 10.4. The van der Waals surface area contributed by atoms with Crippen molar-refractivity contribution in [3.8, 4) is 5.75 Å². The van der Waals surface area contributed by atoms with E-state index in [1.807, 2.05) is 12.1 Å². The van der Waals surface area contributed by atoms with E-state index in [1.165, 1.54) is 0 Å². The van der Waals surface area contributed by atoms with Crippen LogP contribution >= 0.6 is 0 Å². The minimum absolute atomic E-state index is 0.258. The Morgan fingerprint density at radius 1 is 1.53 bits per heavy atom. The molecule has 0 aromatic heterocycles. The highest BCUT2D eigenvalue weighted by Gasteiger charge is 2.13. The maximum Gasteiger partial charge on any atom is 0.338 e. The Morgan fingerprint density at radius 2 is 2.40 bits per heavy atom. The third-order valence-electron chi connectivity index (χ3n) is 2.42. The number of hydrogen-bond donors (Lipinski definition) is 0. The maximum atomic E-state index is 11.5. The van der Waals surface area contributed by atoms with Crippen molar-refractivity contribution < 1.29 is 14.3 Å². The summed E-state index contributed by atoms with van der Waals surface area (Å²) in [5, 5.41) is 0. The van der Waals surface area contributed by atoms with Gasteiger partial charge in [-0.25, -0.2) is 4.79 Å². The molecule has 0 N–H and O–H groups in total. The van der Waals surface area contributed by atoms with E-state index in [1.54, 1.807) is 13.0 Å². The Balaban J connectivity index is 2.24. The Morgan fingerprint density at radius 3 is 3.20 bits per heavy atom. The van der Waals surface area contributed by atoms with Crippen LogP contribution < -0.4 is 4.74 Å². The molecule has 80 valence electrons. The van der Waals surface area contributed by atoms with Crippen molar-refractivity contribution in [2.24, 2.45) is 0 Å². The average Bonchev–Trinajstić information content (AvgIpc) is 2.29. The van der Waals surface area contributed by atoms with Crippen LogP contribution in [-0.4, -0.2) is 19.2 Å². The molecule has 1 aliphatic heterocycles. The largest absolute Gasteiger partial charge is 0.493 e. The fourth-order valence-electron chi connectivity index (χ4n) is 1.70. The van der Waals surface area contributed by atoms with E-state index < -0.39 is 0 Å². The lowest BCUT2D eigenvalue weighted by Gasteiger charge is -2.17. The van der Waals surface area contributed by atoms with Gasteiger partial charge < -0.3 is 9.47 Å². The SMILES string of the molecule is CCOC(=O)c1ccc2c(c1)CCCO2. The Labute approximate surface area is 89.0 Å². The molecule has 3 nitrogen and oxygen atoms in total. The van der Waals surface area contributed by atoms with Gasteiger partial charge >= 0.3 is 5.97 Å². The van der Waals surface area contributed by atoms with E-state index in [2.05, 4.69) is 0 Å². The van der Waals surface area contributed by atoms with Crippen LogP contribution in [0.5, 0.6) is 5.75 Å². The number of ether oxygens (including phenoxy) is 2. The molecule has 0 fully saturated rings. The first-order valence-electron chi connectivity index (χ1n) is 5.24. The summed E-state index contributed by atoms with van der Waals surface area (Å²) in [6, 6.07) is 5.47. The van der Waals surface area contributed by atoms with Crippen molar-refractivity contribution in [1.82, 2.24) is 0 Å². The van der Waals surface area contributed by atoms with Crippen molar-refractivity contribution in [2.75, 3.05) is 13.2 Å². The van der Waals surface area contributed by atoms with Gasteiger partial charge in [0.2, 0.25) is 0 Å². The maximum absolute atomic E-state index is 11.5. The van der Waals surface area contributed by atoms with Crippen LogP contribution in [0.4, 0.5) is 0 Å². The first-order valence-corrected chi connectivity index (χ1v) is 5.24. The molecule has 3 heteroatoms. The standard InChI is InChI=1S/C12H14O3/c1-2-14-12(13)10-5-6-11-9(8-10)4-3-7-15-11/h5-6,8H,2-4,7H2,1H3. The molecule has 15 heavy (non-hydrogen) atoms. The van der Waals surface area contributed by atoms with Gasteiger partial charge in [-0.2, -0.15) is 0 Å². The van der Waals surface area contributed by atoms with Gasteiger partial charge in [0.25, 0.3) is 0 Å². The van der Waals surface area contributed by atoms with E-state index in [0.29, 0.717) is 12.2 Å². The average molecular weight is 206 g/mol. The minimum atomic E-state index is -0.258. The van der Waals surface area contributed by atoms with Gasteiger partial charge in [-0.15, -0.1) is 0 Å². The molecule has 0 amide bonds. The first kappa shape index (κ1) is 10.0. The zero-order valence-corrected chi connectivity index (χ0v) is 8.79. The molecule has 1 heterocycles. The molecule has 2 rings (SSSR count). The van der Waals surface area contributed by atoms with Crippen LogP contribution in [0.25, 0.3) is 0 Å². The Bertz CT molecular complexity index is 371. The predicted octanol–water partition coefficient (Wildman–Crippen LogP) is 2.19. The van der Waals surface area contributed by atoms with E-state index >= 15 is 0 Å². The molecule has 0 saturated carbocycles. The molecular formula is C12H14O3. The second-order valence-electron chi connectivity index (χ2n) is 3.49. The van der Waals surface area contributed by atoms with Gasteiger partial charge in [0, 0.05) is 0 Å². The van der Waals surface area contributed by atoms with Crippen LogP contribution in [0, 0.1) is 0 Å². The second-order valence-corrected chi connectivity index (χ2v) is 3.49. The highest BCUT2D eigenvalue weighted by molar-refractivity contribution is 5.89. The van der Waals surface area contributed by atoms with Crippen LogP contribution in [0.2, 0.25) is 0 Å². The van der Waals surface area contributed by atoms with Crippen molar-refractivity contribution in [2.45, 2.75) is 19.8 Å². The fraction of sp³-hybridized carbons (Fsp3) is 0.417. The van der Waals surface area contributed by atoms with Crippen molar-refractivity contribution in [3.05, 3.63) is 29.3 Å². The Kier molecular flexibility index (Phi) is 2.90. The number of esters is 1. The molecule has 0 spiro atoms. The number of hydrogen-bond acceptors (Lipinski definition) is 3. The summed E-state index contributed by atoms with van der Waals surface area (Å²) in [7, 11) is 0. The van der Waals surface area contributed by atoms with Crippen LogP contribution in [-0.2, 0) is 11.2 Å².